The molecule has 1 aliphatic carbocycles. The number of aromatic nitrogens is 2. The molecule has 8 rings (SSSR count). The van der Waals surface area contributed by atoms with Gasteiger partial charge in [-0.25, -0.2) is 0 Å². The third-order valence-corrected chi connectivity index (χ3v) is 13.3. The SMILES string of the molecule is COC1=C(OC)C(=O)C(Cc2cccc(C(=O)N3CCCCC3)c2-c2cccnc2)=C(C)C1=O.COc1c(C)c(Cc2cccc(C(=O)N3CCCCC3)c2-c2cccnc2)c(OC)c(OC)c1OC. The van der Waals surface area contributed by atoms with Crippen molar-refractivity contribution in [2.24, 2.45) is 0 Å². The number of benzene rings is 3. The van der Waals surface area contributed by atoms with E-state index in [-0.39, 0.29) is 41.3 Å². The first-order valence-corrected chi connectivity index (χ1v) is 23.6. The summed E-state index contributed by atoms with van der Waals surface area (Å²) in [6.07, 6.45) is 14.0. The van der Waals surface area contributed by atoms with Crippen molar-refractivity contribution >= 4 is 23.4 Å². The number of amides is 2. The number of carbonyl (C=O) groups is 4. The van der Waals surface area contributed by atoms with E-state index in [9.17, 15) is 19.2 Å². The first kappa shape index (κ1) is 50.4. The molecule has 2 aliphatic heterocycles. The van der Waals surface area contributed by atoms with Crippen LogP contribution in [0.1, 0.15) is 88.4 Å². The Morgan fingerprint density at radius 2 is 0.957 bits per heavy atom. The van der Waals surface area contributed by atoms with Gasteiger partial charge in [0.2, 0.25) is 34.6 Å². The van der Waals surface area contributed by atoms with Crippen molar-refractivity contribution in [1.29, 1.82) is 0 Å². The van der Waals surface area contributed by atoms with Gasteiger partial charge in [0.05, 0.1) is 42.7 Å². The van der Waals surface area contributed by atoms with Crippen LogP contribution in [-0.4, -0.2) is 112 Å². The van der Waals surface area contributed by atoms with E-state index in [1.54, 1.807) is 54.0 Å². The minimum atomic E-state index is -0.388. The highest BCUT2D eigenvalue weighted by molar-refractivity contribution is 6.23. The molecule has 4 heterocycles. The van der Waals surface area contributed by atoms with Gasteiger partial charge in [0.25, 0.3) is 11.8 Å². The molecular formula is C56H62N4O10. The summed E-state index contributed by atoms with van der Waals surface area (Å²) in [7, 11) is 9.07. The van der Waals surface area contributed by atoms with Gasteiger partial charge in [0, 0.05) is 108 Å². The van der Waals surface area contributed by atoms with Crippen LogP contribution >= 0.6 is 0 Å². The molecule has 0 N–H and O–H groups in total. The molecule has 366 valence electrons. The predicted molar refractivity (Wildman–Crippen MR) is 267 cm³/mol. The van der Waals surface area contributed by atoms with Gasteiger partial charge in [-0.3, -0.25) is 29.1 Å². The summed E-state index contributed by atoms with van der Waals surface area (Å²) in [6.45, 7) is 6.63. The molecule has 14 heteroatoms. The van der Waals surface area contributed by atoms with E-state index in [0.717, 1.165) is 103 Å². The van der Waals surface area contributed by atoms with Crippen LogP contribution < -0.4 is 18.9 Å². The number of methoxy groups -OCH3 is 6. The number of likely N-dealkylation sites (tertiary alicyclic amines) is 2. The average Bonchev–Trinajstić information content (AvgIpc) is 3.41. The van der Waals surface area contributed by atoms with Gasteiger partial charge in [-0.05, 0) is 98.9 Å². The van der Waals surface area contributed by atoms with Crippen molar-refractivity contribution in [1.82, 2.24) is 19.8 Å². The molecule has 0 radical (unpaired) electrons. The zero-order valence-corrected chi connectivity index (χ0v) is 41.4. The maximum atomic E-state index is 13.7. The molecule has 2 fully saturated rings. The first-order valence-electron chi connectivity index (χ1n) is 23.6. The summed E-state index contributed by atoms with van der Waals surface area (Å²) in [4.78, 5) is 65.8. The predicted octanol–water partition coefficient (Wildman–Crippen LogP) is 9.20. The molecule has 0 unspecified atom stereocenters. The number of hydrogen-bond donors (Lipinski definition) is 0. The van der Waals surface area contributed by atoms with E-state index >= 15 is 0 Å². The Hall–Kier alpha value is -7.48. The van der Waals surface area contributed by atoms with E-state index in [1.165, 1.54) is 20.6 Å². The van der Waals surface area contributed by atoms with Crippen LogP contribution in [0.25, 0.3) is 22.3 Å². The number of ketones is 2. The lowest BCUT2D eigenvalue weighted by molar-refractivity contribution is -0.121. The summed E-state index contributed by atoms with van der Waals surface area (Å²) >= 11 is 0. The molecule has 0 saturated carbocycles. The number of ether oxygens (including phenoxy) is 6. The zero-order chi connectivity index (χ0) is 49.9. The van der Waals surface area contributed by atoms with Gasteiger partial charge < -0.3 is 38.2 Å². The molecule has 0 bridgehead atoms. The van der Waals surface area contributed by atoms with Crippen LogP contribution in [-0.2, 0) is 31.9 Å². The summed E-state index contributed by atoms with van der Waals surface area (Å²) in [5.74, 6) is 1.21. The minimum absolute atomic E-state index is 0.0312. The number of pyridine rings is 2. The van der Waals surface area contributed by atoms with Gasteiger partial charge in [0.1, 0.15) is 0 Å². The van der Waals surface area contributed by atoms with Gasteiger partial charge in [-0.2, -0.15) is 0 Å². The van der Waals surface area contributed by atoms with Crippen molar-refractivity contribution in [2.75, 3.05) is 68.8 Å². The molecule has 70 heavy (non-hydrogen) atoms. The van der Waals surface area contributed by atoms with Gasteiger partial charge in [-0.1, -0.05) is 36.4 Å². The van der Waals surface area contributed by atoms with Gasteiger partial charge in [0.15, 0.2) is 11.5 Å². The molecule has 0 spiro atoms. The van der Waals surface area contributed by atoms with Crippen LogP contribution in [0.15, 0.2) is 108 Å². The molecule has 3 aliphatic rings. The Morgan fingerprint density at radius 1 is 0.514 bits per heavy atom. The second kappa shape index (κ2) is 23.2. The molecule has 3 aromatic carbocycles. The van der Waals surface area contributed by atoms with Crippen molar-refractivity contribution in [2.45, 2.75) is 65.2 Å². The Morgan fingerprint density at radius 3 is 1.39 bits per heavy atom. The fourth-order valence-electron chi connectivity index (χ4n) is 9.74. The van der Waals surface area contributed by atoms with Crippen molar-refractivity contribution in [3.05, 3.63) is 141 Å². The summed E-state index contributed by atoms with van der Waals surface area (Å²) in [5.41, 5.74) is 8.74. The standard InChI is InChI=1S/C29H34N2O5.C27H28N2O5/c1-19-23(26(34-3)28(36-5)27(35-4)25(19)33-2)17-20-11-9-13-22(24(20)21-12-10-14-30-18-21)29(32)31-15-7-6-8-16-31;1-17-21(24(31)26(34-3)25(33-2)23(17)30)15-18-9-7-11-20(22(18)19-10-8-12-28-16-19)27(32)29-13-5-4-6-14-29/h9-14,18H,6-8,15-17H2,1-5H3;7-12,16H,4-6,13-15H2,1-3H3. The largest absolute Gasteiger partial charge is 0.492 e. The van der Waals surface area contributed by atoms with Crippen LogP contribution in [0, 0.1) is 6.92 Å². The van der Waals surface area contributed by atoms with E-state index in [4.69, 9.17) is 28.4 Å². The third kappa shape index (κ3) is 10.3. The second-order valence-corrected chi connectivity index (χ2v) is 17.3. The highest BCUT2D eigenvalue weighted by atomic mass is 16.5. The number of hydrogen-bond acceptors (Lipinski definition) is 12. The van der Waals surface area contributed by atoms with E-state index in [0.29, 0.717) is 51.7 Å². The monoisotopic (exact) mass is 950 g/mol. The Bertz CT molecular complexity index is 2790. The van der Waals surface area contributed by atoms with Crippen molar-refractivity contribution in [3.8, 4) is 45.3 Å². The molecule has 2 aromatic heterocycles. The zero-order valence-electron chi connectivity index (χ0n) is 41.4. The fraction of sp³-hybridized carbons (Fsp3) is 0.357. The van der Waals surface area contributed by atoms with Crippen molar-refractivity contribution < 1.29 is 47.6 Å². The van der Waals surface area contributed by atoms with Gasteiger partial charge >= 0.3 is 0 Å². The third-order valence-electron chi connectivity index (χ3n) is 13.3. The maximum absolute atomic E-state index is 13.7. The Labute approximate surface area is 410 Å². The quantitative estimate of drug-likeness (QED) is 0.0975. The number of allylic oxidation sites excluding steroid dienone is 2. The first-order chi connectivity index (χ1) is 34.0. The van der Waals surface area contributed by atoms with E-state index < -0.39 is 0 Å². The molecule has 14 nitrogen and oxygen atoms in total. The van der Waals surface area contributed by atoms with Crippen LogP contribution in [0.5, 0.6) is 23.0 Å². The topological polar surface area (TPSA) is 156 Å². The summed E-state index contributed by atoms with van der Waals surface area (Å²) in [5, 5.41) is 0. The van der Waals surface area contributed by atoms with E-state index in [2.05, 4.69) is 16.0 Å². The number of nitrogens with zero attached hydrogens (tertiary/aromatic N) is 4. The summed E-state index contributed by atoms with van der Waals surface area (Å²) < 4.78 is 33.2. The number of piperidine rings is 2. The van der Waals surface area contributed by atoms with Crippen LogP contribution in [0.4, 0.5) is 0 Å². The lowest BCUT2D eigenvalue weighted by Crippen LogP contribution is -2.36. The Balaban J connectivity index is 0.000000207. The lowest BCUT2D eigenvalue weighted by atomic mass is 9.85. The number of Topliss-reactive ketones (excluding diaryl/α,β-unsaturated/α-hetero) is 2. The molecule has 0 atom stereocenters. The molecule has 2 saturated heterocycles. The van der Waals surface area contributed by atoms with E-state index in [1.807, 2.05) is 77.5 Å². The average molecular weight is 951 g/mol. The lowest BCUT2D eigenvalue weighted by Gasteiger charge is -2.28. The smallest absolute Gasteiger partial charge is 0.254 e. The number of rotatable bonds is 14. The van der Waals surface area contributed by atoms with Crippen molar-refractivity contribution in [3.63, 3.8) is 0 Å². The minimum Gasteiger partial charge on any atom is -0.492 e. The Kier molecular flexibility index (Phi) is 16.7. The summed E-state index contributed by atoms with van der Waals surface area (Å²) in [6, 6.07) is 19.1. The maximum Gasteiger partial charge on any atom is 0.254 e. The fourth-order valence-corrected chi connectivity index (χ4v) is 9.74. The molecular weight excluding hydrogens is 889 g/mol. The highest BCUT2D eigenvalue weighted by Crippen LogP contribution is 2.50. The van der Waals surface area contributed by atoms with Gasteiger partial charge in [-0.15, -0.1) is 0 Å². The second-order valence-electron chi connectivity index (χ2n) is 17.3. The highest BCUT2D eigenvalue weighted by Gasteiger charge is 2.36. The van der Waals surface area contributed by atoms with Crippen LogP contribution in [0.3, 0.4) is 0 Å². The molecule has 2 amide bonds. The normalized spacial score (nSPS) is 15.0. The molecule has 5 aromatic rings. The van der Waals surface area contributed by atoms with Crippen LogP contribution in [0.2, 0.25) is 0 Å². The number of carbonyl (C=O) groups excluding carboxylic acids is 4.